The van der Waals surface area contributed by atoms with Gasteiger partial charge in [-0.1, -0.05) is 18.2 Å². The third kappa shape index (κ3) is 4.79. The van der Waals surface area contributed by atoms with E-state index >= 15 is 0 Å². The number of rotatable bonds is 5. The Bertz CT molecular complexity index is 646. The van der Waals surface area contributed by atoms with Crippen molar-refractivity contribution in [3.05, 3.63) is 52.5 Å². The molecule has 5 heteroatoms. The van der Waals surface area contributed by atoms with Crippen LogP contribution in [0.4, 0.5) is 11.4 Å². The molecular weight excluding hydrogens is 348 g/mol. The summed E-state index contributed by atoms with van der Waals surface area (Å²) in [6, 6.07) is 13.5. The first-order valence-corrected chi connectivity index (χ1v) is 8.37. The lowest BCUT2D eigenvalue weighted by Gasteiger charge is -2.09. The molecule has 21 heavy (non-hydrogen) atoms. The Kier molecular flexibility index (Phi) is 5.70. The first kappa shape index (κ1) is 15.9. The van der Waals surface area contributed by atoms with E-state index in [1.165, 1.54) is 0 Å². The summed E-state index contributed by atoms with van der Waals surface area (Å²) in [6.07, 6.45) is 0.459. The molecule has 0 aliphatic rings. The summed E-state index contributed by atoms with van der Waals surface area (Å²) >= 11 is 5.16. The third-order valence-corrected chi connectivity index (χ3v) is 4.99. The highest BCUT2D eigenvalue weighted by Crippen LogP contribution is 2.27. The number of nitrogens with one attached hydrogen (secondary N) is 1. The number of nitrogen functional groups attached to an aromatic ring is 1. The molecule has 0 aliphatic heterocycles. The summed E-state index contributed by atoms with van der Waals surface area (Å²) in [5.41, 5.74) is 8.18. The highest BCUT2D eigenvalue weighted by atomic mass is 79.9. The van der Waals surface area contributed by atoms with Gasteiger partial charge in [0.15, 0.2) is 0 Å². The normalized spacial score (nSPS) is 10.4. The number of thioether (sulfide) groups is 1. The van der Waals surface area contributed by atoms with Gasteiger partial charge in [0.2, 0.25) is 5.91 Å². The van der Waals surface area contributed by atoms with Crippen LogP contribution in [0.2, 0.25) is 0 Å². The van der Waals surface area contributed by atoms with Crippen molar-refractivity contribution < 1.29 is 4.79 Å². The lowest BCUT2D eigenvalue weighted by atomic mass is 10.2. The van der Waals surface area contributed by atoms with Crippen molar-refractivity contribution in [2.75, 3.05) is 16.8 Å². The van der Waals surface area contributed by atoms with Crippen molar-refractivity contribution in [1.29, 1.82) is 0 Å². The number of carbonyl (C=O) groups is 1. The molecule has 0 aromatic heterocycles. The van der Waals surface area contributed by atoms with Gasteiger partial charge in [-0.15, -0.1) is 11.8 Å². The summed E-state index contributed by atoms with van der Waals surface area (Å²) in [7, 11) is 0. The molecule has 110 valence electrons. The summed E-state index contributed by atoms with van der Waals surface area (Å²) in [6.45, 7) is 1.95. The monoisotopic (exact) mass is 364 g/mol. The number of nitrogens with two attached hydrogens (primary N) is 1. The Morgan fingerprint density at radius 2 is 2.05 bits per heavy atom. The van der Waals surface area contributed by atoms with Crippen LogP contribution < -0.4 is 11.1 Å². The smallest absolute Gasteiger partial charge is 0.225 e. The zero-order valence-corrected chi connectivity index (χ0v) is 14.1. The van der Waals surface area contributed by atoms with Gasteiger partial charge < -0.3 is 11.1 Å². The molecule has 0 spiro atoms. The minimum absolute atomic E-state index is 0.00301. The SMILES string of the molecule is Cc1ccc(N)cc1NC(=O)CCSc1ccccc1Br. The maximum absolute atomic E-state index is 12.0. The average molecular weight is 365 g/mol. The number of benzene rings is 2. The van der Waals surface area contributed by atoms with Crippen LogP contribution >= 0.6 is 27.7 Å². The van der Waals surface area contributed by atoms with E-state index in [-0.39, 0.29) is 5.91 Å². The van der Waals surface area contributed by atoms with Crippen molar-refractivity contribution in [2.24, 2.45) is 0 Å². The van der Waals surface area contributed by atoms with Crippen molar-refractivity contribution in [3.8, 4) is 0 Å². The first-order valence-electron chi connectivity index (χ1n) is 6.59. The van der Waals surface area contributed by atoms with E-state index in [1.54, 1.807) is 17.8 Å². The second-order valence-electron chi connectivity index (χ2n) is 4.65. The van der Waals surface area contributed by atoms with Crippen LogP contribution in [0.5, 0.6) is 0 Å². The van der Waals surface area contributed by atoms with Gasteiger partial charge in [-0.05, 0) is 52.7 Å². The molecule has 0 unspecified atom stereocenters. The number of amides is 1. The van der Waals surface area contributed by atoms with Gasteiger partial charge in [0, 0.05) is 32.9 Å². The molecule has 0 heterocycles. The number of carbonyl (C=O) groups excluding carboxylic acids is 1. The number of hydrogen-bond acceptors (Lipinski definition) is 3. The zero-order valence-electron chi connectivity index (χ0n) is 11.7. The molecule has 2 aromatic carbocycles. The summed E-state index contributed by atoms with van der Waals surface area (Å²) in [5, 5.41) is 2.91. The fraction of sp³-hybridized carbons (Fsp3) is 0.188. The second-order valence-corrected chi connectivity index (χ2v) is 6.64. The Morgan fingerprint density at radius 1 is 1.29 bits per heavy atom. The van der Waals surface area contributed by atoms with Crippen LogP contribution in [0.15, 0.2) is 51.8 Å². The largest absolute Gasteiger partial charge is 0.399 e. The predicted octanol–water partition coefficient (Wildman–Crippen LogP) is 4.46. The van der Waals surface area contributed by atoms with Crippen LogP contribution in [0.3, 0.4) is 0 Å². The summed E-state index contributed by atoms with van der Waals surface area (Å²) in [4.78, 5) is 13.1. The number of hydrogen-bond donors (Lipinski definition) is 2. The quantitative estimate of drug-likeness (QED) is 0.608. The molecular formula is C16H17BrN2OS. The van der Waals surface area contributed by atoms with Crippen LogP contribution in [0.1, 0.15) is 12.0 Å². The van der Waals surface area contributed by atoms with Gasteiger partial charge in [0.05, 0.1) is 0 Å². The van der Waals surface area contributed by atoms with Crippen LogP contribution in [-0.4, -0.2) is 11.7 Å². The highest BCUT2D eigenvalue weighted by Gasteiger charge is 2.06. The van der Waals surface area contributed by atoms with Crippen molar-refractivity contribution >= 4 is 45.0 Å². The van der Waals surface area contributed by atoms with Gasteiger partial charge in [-0.2, -0.15) is 0 Å². The van der Waals surface area contributed by atoms with E-state index in [0.717, 1.165) is 26.4 Å². The molecule has 0 fully saturated rings. The molecule has 3 N–H and O–H groups in total. The Labute approximate surface area is 137 Å². The van der Waals surface area contributed by atoms with Gasteiger partial charge in [0.25, 0.3) is 0 Å². The van der Waals surface area contributed by atoms with Gasteiger partial charge in [-0.3, -0.25) is 4.79 Å². The average Bonchev–Trinajstić information content (AvgIpc) is 2.45. The van der Waals surface area contributed by atoms with E-state index in [2.05, 4.69) is 21.2 Å². The zero-order chi connectivity index (χ0) is 15.2. The maximum Gasteiger partial charge on any atom is 0.225 e. The maximum atomic E-state index is 12.0. The lowest BCUT2D eigenvalue weighted by Crippen LogP contribution is -2.13. The predicted molar refractivity (Wildman–Crippen MR) is 93.7 cm³/mol. The molecule has 3 nitrogen and oxygen atoms in total. The van der Waals surface area contributed by atoms with E-state index in [4.69, 9.17) is 5.73 Å². The molecule has 0 radical (unpaired) electrons. The van der Waals surface area contributed by atoms with Crippen molar-refractivity contribution in [2.45, 2.75) is 18.2 Å². The summed E-state index contributed by atoms with van der Waals surface area (Å²) < 4.78 is 1.06. The molecule has 2 aromatic rings. The van der Waals surface area contributed by atoms with Crippen molar-refractivity contribution in [1.82, 2.24) is 0 Å². The number of aryl methyl sites for hydroxylation is 1. The summed E-state index contributed by atoms with van der Waals surface area (Å²) in [5.74, 6) is 0.735. The third-order valence-electron chi connectivity index (χ3n) is 2.96. The van der Waals surface area contributed by atoms with Crippen LogP contribution in [0.25, 0.3) is 0 Å². The van der Waals surface area contributed by atoms with E-state index < -0.39 is 0 Å². The molecule has 0 atom stereocenters. The van der Waals surface area contributed by atoms with E-state index in [1.807, 2.05) is 43.3 Å². The topological polar surface area (TPSA) is 55.1 Å². The van der Waals surface area contributed by atoms with Gasteiger partial charge in [0.1, 0.15) is 0 Å². The Balaban J connectivity index is 1.85. The minimum atomic E-state index is 0.00301. The molecule has 0 saturated heterocycles. The standard InChI is InChI=1S/C16H17BrN2OS/c1-11-6-7-12(18)10-14(11)19-16(20)8-9-21-15-5-3-2-4-13(15)17/h2-7,10H,8-9,18H2,1H3,(H,19,20). The Hall–Kier alpha value is -1.46. The fourth-order valence-corrected chi connectivity index (χ4v) is 3.32. The molecule has 0 bridgehead atoms. The lowest BCUT2D eigenvalue weighted by molar-refractivity contribution is -0.115. The van der Waals surface area contributed by atoms with E-state index in [9.17, 15) is 4.79 Å². The van der Waals surface area contributed by atoms with Gasteiger partial charge >= 0.3 is 0 Å². The van der Waals surface area contributed by atoms with Gasteiger partial charge in [-0.25, -0.2) is 0 Å². The van der Waals surface area contributed by atoms with Crippen LogP contribution in [-0.2, 0) is 4.79 Å². The molecule has 2 rings (SSSR count). The number of anilines is 2. The molecule has 0 aliphatic carbocycles. The van der Waals surface area contributed by atoms with Crippen molar-refractivity contribution in [3.63, 3.8) is 0 Å². The number of halogens is 1. The first-order chi connectivity index (χ1) is 10.1. The van der Waals surface area contributed by atoms with E-state index in [0.29, 0.717) is 12.1 Å². The highest BCUT2D eigenvalue weighted by molar-refractivity contribution is 9.10. The Morgan fingerprint density at radius 3 is 2.81 bits per heavy atom. The molecule has 1 amide bonds. The second kappa shape index (κ2) is 7.52. The fourth-order valence-electron chi connectivity index (χ4n) is 1.80. The minimum Gasteiger partial charge on any atom is -0.399 e. The van der Waals surface area contributed by atoms with Crippen LogP contribution in [0, 0.1) is 6.92 Å². The molecule has 0 saturated carbocycles.